The van der Waals surface area contributed by atoms with Gasteiger partial charge in [0.1, 0.15) is 0 Å². The maximum atomic E-state index is 12.2. The first kappa shape index (κ1) is 22.2. The van der Waals surface area contributed by atoms with Crippen molar-refractivity contribution in [2.75, 3.05) is 33.2 Å². The van der Waals surface area contributed by atoms with Crippen molar-refractivity contribution in [2.45, 2.75) is 32.1 Å². The van der Waals surface area contributed by atoms with Crippen molar-refractivity contribution in [3.8, 4) is 0 Å². The normalized spacial score (nSPS) is 17.3. The summed E-state index contributed by atoms with van der Waals surface area (Å²) in [6, 6.07) is 6.83. The van der Waals surface area contributed by atoms with Crippen molar-refractivity contribution in [2.24, 2.45) is 10.4 Å². The van der Waals surface area contributed by atoms with E-state index < -0.39 is 10.0 Å². The third-order valence-corrected chi connectivity index (χ3v) is 5.70. The maximum Gasteiger partial charge on any atom is 0.240 e. The Morgan fingerprint density at radius 2 is 1.88 bits per heavy atom. The minimum atomic E-state index is -3.46. The van der Waals surface area contributed by atoms with Crippen LogP contribution < -0.4 is 10.0 Å². The fraction of sp³-hybridized carbons (Fsp3) is 0.588. The molecule has 2 N–H and O–H groups in total. The summed E-state index contributed by atoms with van der Waals surface area (Å²) in [5, 5.41) is 3.23. The van der Waals surface area contributed by atoms with Crippen LogP contribution in [0.5, 0.6) is 0 Å². The molecule has 0 atom stereocenters. The van der Waals surface area contributed by atoms with Gasteiger partial charge in [-0.05, 0) is 30.9 Å². The van der Waals surface area contributed by atoms with Gasteiger partial charge in [0.15, 0.2) is 5.96 Å². The predicted molar refractivity (Wildman–Crippen MR) is 113 cm³/mol. The number of guanidine groups is 1. The molecule has 25 heavy (non-hydrogen) atoms. The number of aliphatic imine (C=N–C) groups is 1. The molecule has 0 bridgehead atoms. The molecule has 1 saturated heterocycles. The van der Waals surface area contributed by atoms with Gasteiger partial charge in [-0.25, -0.2) is 13.1 Å². The first-order valence-corrected chi connectivity index (χ1v) is 9.74. The zero-order chi connectivity index (χ0) is 17.8. The smallest absolute Gasteiger partial charge is 0.240 e. The third kappa shape index (κ3) is 6.41. The lowest BCUT2D eigenvalue weighted by Crippen LogP contribution is -2.43. The fourth-order valence-electron chi connectivity index (χ4n) is 2.79. The predicted octanol–water partition coefficient (Wildman–Crippen LogP) is 2.20. The number of hydrogen-bond donors (Lipinski definition) is 2. The topological polar surface area (TPSA) is 73.8 Å². The van der Waals surface area contributed by atoms with E-state index in [1.807, 2.05) is 6.92 Å². The first-order valence-electron chi connectivity index (χ1n) is 8.25. The van der Waals surface area contributed by atoms with E-state index in [2.05, 4.69) is 33.8 Å². The van der Waals surface area contributed by atoms with Crippen molar-refractivity contribution < 1.29 is 8.42 Å². The summed E-state index contributed by atoms with van der Waals surface area (Å²) >= 11 is 0. The first-order chi connectivity index (χ1) is 11.2. The SMILES string of the molecule is CN=C(NCCNS(=O)(=O)c1ccc(C)cc1)N1CCC(C)(C)C1.I. The summed E-state index contributed by atoms with van der Waals surface area (Å²) in [6.07, 6.45) is 1.13. The number of aryl methyl sites for hydroxylation is 1. The number of likely N-dealkylation sites (tertiary alicyclic amines) is 1. The van der Waals surface area contributed by atoms with E-state index in [1.165, 1.54) is 0 Å². The Balaban J connectivity index is 0.00000312. The molecule has 0 radical (unpaired) electrons. The lowest BCUT2D eigenvalue weighted by atomic mass is 9.93. The Labute approximate surface area is 168 Å². The largest absolute Gasteiger partial charge is 0.355 e. The quantitative estimate of drug-likeness (QED) is 0.294. The van der Waals surface area contributed by atoms with E-state index in [0.29, 0.717) is 23.4 Å². The molecule has 0 saturated carbocycles. The molecule has 1 aliphatic rings. The molecule has 8 heteroatoms. The number of nitrogens with zero attached hydrogens (tertiary/aromatic N) is 2. The van der Waals surface area contributed by atoms with Crippen LogP contribution in [0.2, 0.25) is 0 Å². The highest BCUT2D eigenvalue weighted by molar-refractivity contribution is 14.0. The molecule has 0 amide bonds. The summed E-state index contributed by atoms with van der Waals surface area (Å²) in [5.41, 5.74) is 1.33. The zero-order valence-corrected chi connectivity index (χ0v) is 18.5. The minimum Gasteiger partial charge on any atom is -0.355 e. The second-order valence-corrected chi connectivity index (χ2v) is 8.79. The Morgan fingerprint density at radius 1 is 1.24 bits per heavy atom. The average Bonchev–Trinajstić information content (AvgIpc) is 2.87. The van der Waals surface area contributed by atoms with Crippen LogP contribution in [0.1, 0.15) is 25.8 Å². The van der Waals surface area contributed by atoms with Crippen molar-refractivity contribution >= 4 is 40.0 Å². The summed E-state index contributed by atoms with van der Waals surface area (Å²) in [5.74, 6) is 0.829. The van der Waals surface area contributed by atoms with Crippen LogP contribution >= 0.6 is 24.0 Å². The maximum absolute atomic E-state index is 12.2. The molecule has 1 aliphatic heterocycles. The molecule has 6 nitrogen and oxygen atoms in total. The molecular formula is C17H29IN4O2S. The van der Waals surface area contributed by atoms with Crippen molar-refractivity contribution in [3.05, 3.63) is 29.8 Å². The standard InChI is InChI=1S/C17H28N4O2S.HI/c1-14-5-7-15(8-6-14)24(22,23)20-11-10-19-16(18-4)21-12-9-17(2,3)13-21;/h5-8,20H,9-13H2,1-4H3,(H,18,19);1H. The van der Waals surface area contributed by atoms with E-state index in [1.54, 1.807) is 31.3 Å². The van der Waals surface area contributed by atoms with Crippen LogP contribution in [-0.4, -0.2) is 52.5 Å². The van der Waals surface area contributed by atoms with Crippen molar-refractivity contribution in [1.29, 1.82) is 0 Å². The molecule has 142 valence electrons. The number of halogens is 1. The van der Waals surface area contributed by atoms with Gasteiger partial charge in [-0.15, -0.1) is 24.0 Å². The second-order valence-electron chi connectivity index (χ2n) is 7.02. The van der Waals surface area contributed by atoms with E-state index in [4.69, 9.17) is 0 Å². The van der Waals surface area contributed by atoms with E-state index in [-0.39, 0.29) is 24.0 Å². The van der Waals surface area contributed by atoms with Crippen LogP contribution in [0, 0.1) is 12.3 Å². The van der Waals surface area contributed by atoms with Gasteiger partial charge >= 0.3 is 0 Å². The molecule has 2 rings (SSSR count). The highest BCUT2D eigenvalue weighted by atomic mass is 127. The van der Waals surface area contributed by atoms with Gasteiger partial charge in [-0.1, -0.05) is 31.5 Å². The number of hydrogen-bond acceptors (Lipinski definition) is 3. The Kier molecular flexibility index (Phi) is 8.14. The molecule has 0 aromatic heterocycles. The summed E-state index contributed by atoms with van der Waals surface area (Å²) in [6.45, 7) is 9.16. The molecule has 1 aromatic rings. The molecule has 0 unspecified atom stereocenters. The molecule has 1 aromatic carbocycles. The summed E-state index contributed by atoms with van der Waals surface area (Å²) in [4.78, 5) is 6.80. The molecule has 1 heterocycles. The van der Waals surface area contributed by atoms with Gasteiger partial charge in [0.2, 0.25) is 10.0 Å². The molecule has 0 spiro atoms. The number of rotatable bonds is 5. The van der Waals surface area contributed by atoms with E-state index in [0.717, 1.165) is 31.0 Å². The minimum absolute atomic E-state index is 0. The lowest BCUT2D eigenvalue weighted by molar-refractivity contribution is 0.370. The Hall–Kier alpha value is -0.870. The van der Waals surface area contributed by atoms with Gasteiger partial charge in [-0.3, -0.25) is 4.99 Å². The molecule has 1 fully saturated rings. The van der Waals surface area contributed by atoms with Crippen molar-refractivity contribution in [3.63, 3.8) is 0 Å². The van der Waals surface area contributed by atoms with Gasteiger partial charge < -0.3 is 10.2 Å². The third-order valence-electron chi connectivity index (χ3n) is 4.22. The van der Waals surface area contributed by atoms with E-state index >= 15 is 0 Å². The second kappa shape index (κ2) is 9.18. The number of sulfonamides is 1. The number of benzene rings is 1. The molecular weight excluding hydrogens is 451 g/mol. The van der Waals surface area contributed by atoms with Crippen LogP contribution in [0.3, 0.4) is 0 Å². The van der Waals surface area contributed by atoms with Crippen LogP contribution in [0.15, 0.2) is 34.2 Å². The Bertz CT molecular complexity index is 687. The van der Waals surface area contributed by atoms with Crippen LogP contribution in [0.4, 0.5) is 0 Å². The van der Waals surface area contributed by atoms with Gasteiger partial charge in [0.05, 0.1) is 4.90 Å². The van der Waals surface area contributed by atoms with Gasteiger partial charge in [-0.2, -0.15) is 0 Å². The van der Waals surface area contributed by atoms with Crippen molar-refractivity contribution in [1.82, 2.24) is 14.9 Å². The monoisotopic (exact) mass is 480 g/mol. The fourth-order valence-corrected chi connectivity index (χ4v) is 3.82. The Morgan fingerprint density at radius 3 is 2.40 bits per heavy atom. The van der Waals surface area contributed by atoms with Gasteiger partial charge in [0.25, 0.3) is 0 Å². The summed E-state index contributed by atoms with van der Waals surface area (Å²) in [7, 11) is -1.71. The highest BCUT2D eigenvalue weighted by Gasteiger charge is 2.30. The average molecular weight is 480 g/mol. The highest BCUT2D eigenvalue weighted by Crippen LogP contribution is 2.28. The number of nitrogens with one attached hydrogen (secondary N) is 2. The molecule has 0 aliphatic carbocycles. The van der Waals surface area contributed by atoms with Gasteiger partial charge in [0, 0.05) is 33.2 Å². The zero-order valence-electron chi connectivity index (χ0n) is 15.4. The summed E-state index contributed by atoms with van der Waals surface area (Å²) < 4.78 is 27.1. The van der Waals surface area contributed by atoms with E-state index in [9.17, 15) is 8.42 Å². The van der Waals surface area contributed by atoms with Crippen LogP contribution in [0.25, 0.3) is 0 Å². The van der Waals surface area contributed by atoms with Crippen LogP contribution in [-0.2, 0) is 10.0 Å². The lowest BCUT2D eigenvalue weighted by Gasteiger charge is -2.23.